The van der Waals surface area contributed by atoms with Crippen LogP contribution < -0.4 is 16.0 Å². The van der Waals surface area contributed by atoms with Gasteiger partial charge in [-0.1, -0.05) is 29.8 Å². The fourth-order valence-corrected chi connectivity index (χ4v) is 3.66. The minimum atomic E-state index is -0.637. The van der Waals surface area contributed by atoms with Crippen LogP contribution >= 0.6 is 11.6 Å². The number of hydrogen-bond acceptors (Lipinski definition) is 5. The number of aromatic nitrogens is 2. The molecular formula is C22H17ClN4O2. The van der Waals surface area contributed by atoms with Crippen molar-refractivity contribution in [2.75, 3.05) is 0 Å². The van der Waals surface area contributed by atoms with E-state index in [9.17, 15) is 10.1 Å². The van der Waals surface area contributed by atoms with Crippen molar-refractivity contribution < 1.29 is 4.74 Å². The Morgan fingerprint density at radius 2 is 2.07 bits per heavy atom. The van der Waals surface area contributed by atoms with Gasteiger partial charge in [-0.05, 0) is 36.2 Å². The number of nitrogens with zero attached hydrogens (tertiary/aromatic N) is 3. The van der Waals surface area contributed by atoms with Gasteiger partial charge in [-0.2, -0.15) is 5.26 Å². The summed E-state index contributed by atoms with van der Waals surface area (Å²) in [5.74, 6) is -0.268. The number of pyridine rings is 2. The van der Waals surface area contributed by atoms with E-state index in [0.717, 1.165) is 11.3 Å². The smallest absolute Gasteiger partial charge is 0.259 e. The summed E-state index contributed by atoms with van der Waals surface area (Å²) in [5, 5.41) is 10.3. The van der Waals surface area contributed by atoms with Crippen molar-refractivity contribution >= 4 is 11.6 Å². The molecule has 0 radical (unpaired) electrons. The molecule has 29 heavy (non-hydrogen) atoms. The number of nitriles is 1. The second kappa shape index (κ2) is 7.46. The third-order valence-electron chi connectivity index (χ3n) is 4.96. The van der Waals surface area contributed by atoms with Gasteiger partial charge in [0.1, 0.15) is 17.4 Å². The summed E-state index contributed by atoms with van der Waals surface area (Å²) in [7, 11) is 0. The largest absolute Gasteiger partial charge is 0.440 e. The number of allylic oxidation sites excluding steroid dienone is 1. The zero-order chi connectivity index (χ0) is 20.5. The molecule has 1 aromatic carbocycles. The summed E-state index contributed by atoms with van der Waals surface area (Å²) in [6, 6.07) is 14.8. The lowest BCUT2D eigenvalue weighted by molar-refractivity contribution is 0.389. The number of fused-ring (bicyclic) bond motifs is 1. The quantitative estimate of drug-likeness (QED) is 0.721. The normalized spacial score (nSPS) is 15.4. The Balaban J connectivity index is 1.90. The number of nitrogens with two attached hydrogens (primary N) is 1. The lowest BCUT2D eigenvalue weighted by Crippen LogP contribution is -2.33. The summed E-state index contributed by atoms with van der Waals surface area (Å²) in [4.78, 5) is 17.7. The average Bonchev–Trinajstić information content (AvgIpc) is 2.72. The number of rotatable bonds is 3. The molecule has 4 rings (SSSR count). The molecule has 0 saturated heterocycles. The molecule has 144 valence electrons. The first-order chi connectivity index (χ1) is 14.0. The lowest BCUT2D eigenvalue weighted by Gasteiger charge is -2.27. The highest BCUT2D eigenvalue weighted by molar-refractivity contribution is 6.30. The van der Waals surface area contributed by atoms with E-state index < -0.39 is 5.92 Å². The van der Waals surface area contributed by atoms with Gasteiger partial charge in [0.05, 0.1) is 18.0 Å². The van der Waals surface area contributed by atoms with Crippen LogP contribution in [0.1, 0.15) is 28.3 Å². The predicted molar refractivity (Wildman–Crippen MR) is 110 cm³/mol. The molecule has 6 nitrogen and oxygen atoms in total. The third kappa shape index (κ3) is 3.37. The van der Waals surface area contributed by atoms with Crippen LogP contribution in [0.2, 0.25) is 5.02 Å². The number of benzene rings is 1. The van der Waals surface area contributed by atoms with Crippen molar-refractivity contribution in [1.82, 2.24) is 9.55 Å². The van der Waals surface area contributed by atoms with Crippen LogP contribution in [0.4, 0.5) is 0 Å². The first-order valence-electron chi connectivity index (χ1n) is 8.96. The molecular weight excluding hydrogens is 388 g/mol. The van der Waals surface area contributed by atoms with Crippen molar-refractivity contribution in [3.8, 4) is 11.8 Å². The van der Waals surface area contributed by atoms with Gasteiger partial charge in [0.2, 0.25) is 5.88 Å². The Kier molecular flexibility index (Phi) is 4.83. The Bertz CT molecular complexity index is 1210. The molecule has 0 bridgehead atoms. The summed E-state index contributed by atoms with van der Waals surface area (Å²) in [6.07, 6.45) is 3.27. The van der Waals surface area contributed by atoms with Gasteiger partial charge in [-0.15, -0.1) is 0 Å². The maximum absolute atomic E-state index is 13.5. The molecule has 2 aromatic heterocycles. The van der Waals surface area contributed by atoms with E-state index in [4.69, 9.17) is 22.1 Å². The van der Waals surface area contributed by atoms with Gasteiger partial charge >= 0.3 is 0 Å². The molecule has 3 aromatic rings. The fraction of sp³-hybridized carbons (Fsp3) is 0.136. The summed E-state index contributed by atoms with van der Waals surface area (Å²) in [5.41, 5.74) is 8.71. The molecule has 2 N–H and O–H groups in total. The van der Waals surface area contributed by atoms with Crippen molar-refractivity contribution in [3.63, 3.8) is 0 Å². The summed E-state index contributed by atoms with van der Waals surface area (Å²) in [6.45, 7) is 2.20. The number of halogens is 1. The van der Waals surface area contributed by atoms with Crippen LogP contribution in [0.5, 0.6) is 5.75 Å². The standard InChI is InChI=1S/C22H17ClN4O2/c1-13-9-18-20(22(28)27(13)12-14-4-6-16(23)7-5-14)19(15-3-2-8-26-11-15)17(10-24)21(25)29-18/h2-9,11,19H,12,25H2,1H3. The minimum absolute atomic E-state index is 0.00287. The van der Waals surface area contributed by atoms with E-state index in [1.165, 1.54) is 0 Å². The molecule has 1 atom stereocenters. The van der Waals surface area contributed by atoms with Crippen LogP contribution in [0.25, 0.3) is 0 Å². The van der Waals surface area contributed by atoms with E-state index in [0.29, 0.717) is 28.4 Å². The zero-order valence-corrected chi connectivity index (χ0v) is 16.3. The minimum Gasteiger partial charge on any atom is -0.440 e. The Labute approximate surface area is 172 Å². The van der Waals surface area contributed by atoms with Crippen LogP contribution in [0, 0.1) is 18.3 Å². The van der Waals surface area contributed by atoms with Crippen LogP contribution in [0.15, 0.2) is 71.1 Å². The van der Waals surface area contributed by atoms with Crippen molar-refractivity contribution in [1.29, 1.82) is 5.26 Å². The van der Waals surface area contributed by atoms with Crippen molar-refractivity contribution in [2.45, 2.75) is 19.4 Å². The Hall–Kier alpha value is -3.56. The summed E-state index contributed by atoms with van der Waals surface area (Å²) < 4.78 is 7.31. The van der Waals surface area contributed by atoms with Crippen LogP contribution in [0.3, 0.4) is 0 Å². The second-order valence-corrected chi connectivity index (χ2v) is 7.23. The lowest BCUT2D eigenvalue weighted by atomic mass is 9.85. The van der Waals surface area contributed by atoms with Crippen LogP contribution in [-0.2, 0) is 6.54 Å². The first kappa shape index (κ1) is 18.8. The van der Waals surface area contributed by atoms with Gasteiger partial charge in [0.15, 0.2) is 0 Å². The first-order valence-corrected chi connectivity index (χ1v) is 9.33. The molecule has 7 heteroatoms. The highest BCUT2D eigenvalue weighted by atomic mass is 35.5. The molecule has 0 spiro atoms. The van der Waals surface area contributed by atoms with Gasteiger partial charge in [0, 0.05) is 29.2 Å². The molecule has 1 aliphatic heterocycles. The summed E-state index contributed by atoms with van der Waals surface area (Å²) >= 11 is 5.97. The van der Waals surface area contributed by atoms with Gasteiger partial charge < -0.3 is 15.0 Å². The van der Waals surface area contributed by atoms with E-state index >= 15 is 0 Å². The van der Waals surface area contributed by atoms with E-state index in [1.54, 1.807) is 41.2 Å². The highest BCUT2D eigenvalue weighted by Crippen LogP contribution is 2.40. The van der Waals surface area contributed by atoms with Gasteiger partial charge in [-0.25, -0.2) is 0 Å². The molecule has 3 heterocycles. The number of ether oxygens (including phenoxy) is 1. The van der Waals surface area contributed by atoms with Gasteiger partial charge in [0.25, 0.3) is 5.56 Å². The Morgan fingerprint density at radius 1 is 1.31 bits per heavy atom. The molecule has 1 aliphatic rings. The van der Waals surface area contributed by atoms with Crippen molar-refractivity contribution in [2.24, 2.45) is 5.73 Å². The van der Waals surface area contributed by atoms with Crippen LogP contribution in [-0.4, -0.2) is 9.55 Å². The highest BCUT2D eigenvalue weighted by Gasteiger charge is 2.34. The van der Waals surface area contributed by atoms with E-state index in [1.807, 2.05) is 25.1 Å². The topological polar surface area (TPSA) is 93.9 Å². The molecule has 0 amide bonds. The molecule has 0 aliphatic carbocycles. The third-order valence-corrected chi connectivity index (χ3v) is 5.21. The predicted octanol–water partition coefficient (Wildman–Crippen LogP) is 3.47. The number of aryl methyl sites for hydroxylation is 1. The Morgan fingerprint density at radius 3 is 2.72 bits per heavy atom. The molecule has 0 saturated carbocycles. The van der Waals surface area contributed by atoms with E-state index in [-0.39, 0.29) is 17.0 Å². The average molecular weight is 405 g/mol. The van der Waals surface area contributed by atoms with Crippen molar-refractivity contribution in [3.05, 3.63) is 104 Å². The fourth-order valence-electron chi connectivity index (χ4n) is 3.54. The monoisotopic (exact) mass is 404 g/mol. The molecule has 0 fully saturated rings. The SMILES string of the molecule is Cc1cc2c(c(=O)n1Cc1ccc(Cl)cc1)C(c1cccnc1)C(C#N)=C(N)O2. The van der Waals surface area contributed by atoms with E-state index in [2.05, 4.69) is 11.1 Å². The molecule has 1 unspecified atom stereocenters. The maximum atomic E-state index is 13.5. The maximum Gasteiger partial charge on any atom is 0.259 e. The number of hydrogen-bond donors (Lipinski definition) is 1. The second-order valence-electron chi connectivity index (χ2n) is 6.79. The van der Waals surface area contributed by atoms with Gasteiger partial charge in [-0.3, -0.25) is 9.78 Å². The zero-order valence-electron chi connectivity index (χ0n) is 15.6.